The van der Waals surface area contributed by atoms with Crippen molar-refractivity contribution >= 4 is 58.2 Å². The highest BCUT2D eigenvalue weighted by molar-refractivity contribution is 7.99. The van der Waals surface area contributed by atoms with Crippen LogP contribution in [-0.2, 0) is 4.79 Å². The topological polar surface area (TPSA) is 129 Å². The Hall–Kier alpha value is -3.15. The highest BCUT2D eigenvalue weighted by atomic mass is 35.5. The molecule has 0 unspecified atom stereocenters. The number of nitrogens with two attached hydrogens (primary N) is 1. The van der Waals surface area contributed by atoms with E-state index in [4.69, 9.17) is 38.5 Å². The molecule has 3 aromatic rings. The number of carbonyl (C=O) groups is 1. The van der Waals surface area contributed by atoms with E-state index in [1.165, 1.54) is 4.68 Å². The molecular weight excluding hydrogens is 489 g/mol. The fourth-order valence-electron chi connectivity index (χ4n) is 2.62. The fourth-order valence-corrected chi connectivity index (χ4v) is 3.73. The Morgan fingerprint density at radius 3 is 2.61 bits per heavy atom. The molecule has 0 atom stereocenters. The van der Waals surface area contributed by atoms with Gasteiger partial charge >= 0.3 is 0 Å². The Morgan fingerprint density at radius 1 is 1.15 bits per heavy atom. The molecule has 0 aliphatic rings. The van der Waals surface area contributed by atoms with Gasteiger partial charge in [-0.3, -0.25) is 4.79 Å². The first-order chi connectivity index (χ1) is 15.8. The largest absolute Gasteiger partial charge is 0.493 e. The predicted molar refractivity (Wildman–Crippen MR) is 131 cm³/mol. The van der Waals surface area contributed by atoms with Crippen LogP contribution < -0.4 is 26.1 Å². The molecule has 0 bridgehead atoms. The quantitative estimate of drug-likeness (QED) is 0.171. The molecule has 1 aromatic heterocycles. The van der Waals surface area contributed by atoms with Gasteiger partial charge in [-0.25, -0.2) is 10.1 Å². The zero-order valence-electron chi connectivity index (χ0n) is 17.9. The van der Waals surface area contributed by atoms with Crippen molar-refractivity contribution in [2.24, 2.45) is 5.10 Å². The van der Waals surface area contributed by atoms with Gasteiger partial charge in [0, 0.05) is 10.6 Å². The number of benzene rings is 2. The summed E-state index contributed by atoms with van der Waals surface area (Å²) in [5.74, 6) is 7.19. The number of ether oxygens (including phenoxy) is 2. The van der Waals surface area contributed by atoms with Crippen molar-refractivity contribution in [1.82, 2.24) is 14.9 Å². The number of hydrogen-bond donors (Lipinski definition) is 3. The van der Waals surface area contributed by atoms with Crippen molar-refractivity contribution in [3.63, 3.8) is 0 Å². The van der Waals surface area contributed by atoms with E-state index in [9.17, 15) is 4.79 Å². The number of hydrazone groups is 1. The number of amides is 1. The van der Waals surface area contributed by atoms with Gasteiger partial charge in [-0.15, -0.1) is 10.2 Å². The Kier molecular flexibility index (Phi) is 8.26. The predicted octanol–water partition coefficient (Wildman–Crippen LogP) is 3.88. The number of nitrogens with one attached hydrogen (secondary N) is 2. The smallest absolute Gasteiger partial charge is 0.264 e. The van der Waals surface area contributed by atoms with Crippen LogP contribution in [0, 0.1) is 0 Å². The molecule has 3 rings (SSSR count). The second-order valence-electron chi connectivity index (χ2n) is 6.52. The molecule has 0 aliphatic carbocycles. The average Bonchev–Trinajstić information content (AvgIpc) is 3.16. The number of hydrogen-bond acceptors (Lipinski definition) is 9. The first-order valence-corrected chi connectivity index (χ1v) is 11.2. The van der Waals surface area contributed by atoms with Gasteiger partial charge in [0.2, 0.25) is 11.1 Å². The molecule has 174 valence electrons. The lowest BCUT2D eigenvalue weighted by atomic mass is 10.1. The van der Waals surface area contributed by atoms with Crippen LogP contribution >= 0.6 is 35.0 Å². The minimum atomic E-state index is -0.288. The van der Waals surface area contributed by atoms with E-state index in [0.717, 1.165) is 17.3 Å². The zero-order chi connectivity index (χ0) is 24.0. The molecule has 2 aromatic carbocycles. The van der Waals surface area contributed by atoms with Crippen LogP contribution in [0.25, 0.3) is 0 Å². The van der Waals surface area contributed by atoms with Gasteiger partial charge in [0.15, 0.2) is 11.5 Å². The third kappa shape index (κ3) is 6.21. The normalized spacial score (nSPS) is 11.2. The molecule has 0 saturated heterocycles. The number of nitrogens with zero attached hydrogens (tertiary/aromatic N) is 4. The molecule has 13 heteroatoms. The summed E-state index contributed by atoms with van der Waals surface area (Å²) in [4.78, 5) is 12.2. The van der Waals surface area contributed by atoms with Crippen molar-refractivity contribution in [3.05, 3.63) is 52.0 Å². The summed E-state index contributed by atoms with van der Waals surface area (Å²) in [5, 5.41) is 16.1. The van der Waals surface area contributed by atoms with E-state index in [0.29, 0.717) is 38.1 Å². The van der Waals surface area contributed by atoms with Gasteiger partial charge in [-0.2, -0.15) is 5.10 Å². The monoisotopic (exact) mass is 509 g/mol. The molecule has 0 aliphatic heterocycles. The summed E-state index contributed by atoms with van der Waals surface area (Å²) in [5.41, 5.74) is 4.71. The number of rotatable bonds is 9. The molecule has 1 amide bonds. The Balaban J connectivity index is 1.60. The average molecular weight is 510 g/mol. The fraction of sp³-hybridized carbons (Fsp3) is 0.200. The van der Waals surface area contributed by atoms with E-state index in [2.05, 4.69) is 26.0 Å². The van der Waals surface area contributed by atoms with Crippen LogP contribution in [0.2, 0.25) is 10.0 Å². The second kappa shape index (κ2) is 11.1. The van der Waals surface area contributed by atoms with Crippen molar-refractivity contribution in [2.45, 2.75) is 12.1 Å². The third-order valence-electron chi connectivity index (χ3n) is 4.33. The Labute approximate surface area is 204 Å². The van der Waals surface area contributed by atoms with E-state index in [1.807, 2.05) is 13.0 Å². The van der Waals surface area contributed by atoms with E-state index >= 15 is 0 Å². The van der Waals surface area contributed by atoms with Crippen molar-refractivity contribution in [2.75, 3.05) is 36.6 Å². The van der Waals surface area contributed by atoms with Crippen LogP contribution in [0.3, 0.4) is 0 Å². The van der Waals surface area contributed by atoms with Crippen molar-refractivity contribution < 1.29 is 14.3 Å². The van der Waals surface area contributed by atoms with Gasteiger partial charge in [-0.1, -0.05) is 35.0 Å². The Morgan fingerprint density at radius 2 is 1.91 bits per heavy atom. The summed E-state index contributed by atoms with van der Waals surface area (Å²) in [6.07, 6.45) is 0. The highest BCUT2D eigenvalue weighted by Crippen LogP contribution is 2.28. The number of halogens is 2. The molecule has 4 N–H and O–H groups in total. The molecule has 0 saturated carbocycles. The Bertz CT molecular complexity index is 1190. The number of anilines is 2. The molecule has 10 nitrogen and oxygen atoms in total. The molecule has 0 radical (unpaired) electrons. The van der Waals surface area contributed by atoms with E-state index in [-0.39, 0.29) is 17.6 Å². The van der Waals surface area contributed by atoms with E-state index in [1.54, 1.807) is 44.6 Å². The minimum absolute atomic E-state index is 0.0439. The number of aromatic nitrogens is 3. The highest BCUT2D eigenvalue weighted by Gasteiger charge is 2.14. The maximum Gasteiger partial charge on any atom is 0.264 e. The SMILES string of the molecule is COc1ccc(/C(C)=N/Nc2nnc(SCC(=O)Nc3ccc(Cl)cc3Cl)n2N)cc1OC. The molecule has 0 fully saturated rings. The van der Waals surface area contributed by atoms with Gasteiger partial charge in [-0.05, 0) is 43.3 Å². The first kappa shape index (κ1) is 24.5. The van der Waals surface area contributed by atoms with Gasteiger partial charge in [0.05, 0.1) is 36.4 Å². The van der Waals surface area contributed by atoms with Gasteiger partial charge in [0.25, 0.3) is 5.95 Å². The summed E-state index contributed by atoms with van der Waals surface area (Å²) in [6, 6.07) is 10.2. The standard InChI is InChI=1S/C20H21Cl2N7O3S/c1-11(12-4-7-16(31-2)17(8-12)32-3)25-26-19-27-28-20(29(19)23)33-10-18(30)24-15-6-5-13(21)9-14(15)22/h4-9H,10,23H2,1-3H3,(H,24,30)(H,26,27)/b25-11+. The summed E-state index contributed by atoms with van der Waals surface area (Å²) in [7, 11) is 3.13. The van der Waals surface area contributed by atoms with Crippen molar-refractivity contribution in [1.29, 1.82) is 0 Å². The summed E-state index contributed by atoms with van der Waals surface area (Å²) >= 11 is 13.0. The number of methoxy groups -OCH3 is 2. The number of thioether (sulfide) groups is 1. The summed E-state index contributed by atoms with van der Waals surface area (Å²) < 4.78 is 11.8. The lowest BCUT2D eigenvalue weighted by molar-refractivity contribution is -0.113. The van der Waals surface area contributed by atoms with E-state index < -0.39 is 0 Å². The number of carbonyl (C=O) groups excluding carboxylic acids is 1. The van der Waals surface area contributed by atoms with Crippen LogP contribution in [0.15, 0.2) is 46.7 Å². The third-order valence-corrected chi connectivity index (χ3v) is 5.82. The zero-order valence-corrected chi connectivity index (χ0v) is 20.3. The maximum atomic E-state index is 12.2. The van der Waals surface area contributed by atoms with Crippen LogP contribution in [-0.4, -0.2) is 46.5 Å². The maximum absolute atomic E-state index is 12.2. The lowest BCUT2D eigenvalue weighted by Crippen LogP contribution is -2.17. The van der Waals surface area contributed by atoms with Crippen molar-refractivity contribution in [3.8, 4) is 11.5 Å². The number of nitrogen functional groups attached to an aromatic ring is 1. The summed E-state index contributed by atoms with van der Waals surface area (Å²) in [6.45, 7) is 1.81. The van der Waals surface area contributed by atoms with Crippen LogP contribution in [0.5, 0.6) is 11.5 Å². The van der Waals surface area contributed by atoms with Crippen LogP contribution in [0.1, 0.15) is 12.5 Å². The molecule has 1 heterocycles. The molecule has 0 spiro atoms. The molecular formula is C20H21Cl2N7O3S. The molecule has 33 heavy (non-hydrogen) atoms. The van der Waals surface area contributed by atoms with Gasteiger partial charge in [0.1, 0.15) is 0 Å². The lowest BCUT2D eigenvalue weighted by Gasteiger charge is -2.09. The first-order valence-electron chi connectivity index (χ1n) is 9.43. The van der Waals surface area contributed by atoms with Crippen LogP contribution in [0.4, 0.5) is 11.6 Å². The minimum Gasteiger partial charge on any atom is -0.493 e. The second-order valence-corrected chi connectivity index (χ2v) is 8.30. The van der Waals surface area contributed by atoms with Gasteiger partial charge < -0.3 is 20.6 Å².